The minimum atomic E-state index is -0.121. The van der Waals surface area contributed by atoms with Crippen LogP contribution in [0.3, 0.4) is 0 Å². The van der Waals surface area contributed by atoms with Gasteiger partial charge in [0.05, 0.1) is 5.70 Å². The molecule has 37 heavy (non-hydrogen) atoms. The lowest BCUT2D eigenvalue weighted by Gasteiger charge is -2.20. The zero-order valence-electron chi connectivity index (χ0n) is 23.7. The van der Waals surface area contributed by atoms with Crippen molar-refractivity contribution in [2.75, 3.05) is 20.2 Å². The quantitative estimate of drug-likeness (QED) is 0.297. The Labute approximate surface area is 224 Å². The van der Waals surface area contributed by atoms with E-state index in [1.165, 1.54) is 20.0 Å². The molecule has 0 amide bonds. The molecule has 1 aliphatic carbocycles. The van der Waals surface area contributed by atoms with Crippen molar-refractivity contribution >= 4 is 17.3 Å². The fourth-order valence-electron chi connectivity index (χ4n) is 2.95. The second kappa shape index (κ2) is 21.6. The summed E-state index contributed by atoms with van der Waals surface area (Å²) in [5, 5.41) is 6.38. The molecule has 1 atom stereocenters. The van der Waals surface area contributed by atoms with Gasteiger partial charge in [0.25, 0.3) is 0 Å². The standard InChI is InChI=1S/C14H19NO2.C12H16N2O.C2H5N.C2H6/c1-6-7-11(3)15-14(13(5)17)9-10(2)8-12(4)16;1-9-8-15-12-6-4-10(7-13-2)3-5-11(12)14-9;1-2-3;1-2/h6-7,9H,1,8H2,2-5H3;3-6,10,13-14H,1,7-8H2,2H3;2H,1,3H2;1-2H3/b10-9+,11-7+,15-14+;;;. The number of Topliss-reactive ketones (excluding diaryl/α,β-unsaturated/α-hetero) is 2. The Bertz CT molecular complexity index is 963. The summed E-state index contributed by atoms with van der Waals surface area (Å²) in [4.78, 5) is 26.5. The minimum Gasteiger partial charge on any atom is -0.485 e. The van der Waals surface area contributed by atoms with E-state index in [9.17, 15) is 9.59 Å². The van der Waals surface area contributed by atoms with E-state index in [0.717, 1.165) is 29.3 Å². The molecule has 0 aromatic carbocycles. The van der Waals surface area contributed by atoms with Gasteiger partial charge in [-0.25, -0.2) is 0 Å². The molecule has 2 rings (SSSR count). The van der Waals surface area contributed by atoms with E-state index < -0.39 is 0 Å². The Morgan fingerprint density at radius 3 is 2.30 bits per heavy atom. The first-order chi connectivity index (χ1) is 17.6. The lowest BCUT2D eigenvalue weighted by atomic mass is 10.1. The molecule has 0 bridgehead atoms. The van der Waals surface area contributed by atoms with Crippen molar-refractivity contribution in [3.63, 3.8) is 0 Å². The van der Waals surface area contributed by atoms with Crippen molar-refractivity contribution < 1.29 is 14.3 Å². The van der Waals surface area contributed by atoms with Crippen LogP contribution < -0.4 is 16.4 Å². The van der Waals surface area contributed by atoms with Gasteiger partial charge < -0.3 is 21.1 Å². The van der Waals surface area contributed by atoms with Gasteiger partial charge in [-0.2, -0.15) is 0 Å². The van der Waals surface area contributed by atoms with Crippen molar-refractivity contribution in [3.8, 4) is 0 Å². The first-order valence-electron chi connectivity index (χ1n) is 12.3. The third-order valence-corrected chi connectivity index (χ3v) is 4.35. The highest BCUT2D eigenvalue weighted by Crippen LogP contribution is 2.20. The number of aliphatic imine (C=N–C) groups is 1. The monoisotopic (exact) mass is 510 g/mol. The van der Waals surface area contributed by atoms with Gasteiger partial charge >= 0.3 is 0 Å². The summed E-state index contributed by atoms with van der Waals surface area (Å²) in [6, 6.07) is 0. The van der Waals surface area contributed by atoms with Crippen molar-refractivity contribution in [1.82, 2.24) is 10.6 Å². The van der Waals surface area contributed by atoms with Crippen LogP contribution in [0.15, 0.2) is 102 Å². The molecule has 204 valence electrons. The second-order valence-corrected chi connectivity index (χ2v) is 7.94. The number of rotatable bonds is 8. The molecule has 7 nitrogen and oxygen atoms in total. The van der Waals surface area contributed by atoms with Crippen molar-refractivity contribution in [2.45, 2.75) is 48.0 Å². The Balaban J connectivity index is 0. The lowest BCUT2D eigenvalue weighted by Crippen LogP contribution is -2.22. The lowest BCUT2D eigenvalue weighted by molar-refractivity contribution is -0.116. The fourth-order valence-corrected chi connectivity index (χ4v) is 2.95. The molecule has 0 saturated carbocycles. The molecule has 0 fully saturated rings. The highest BCUT2D eigenvalue weighted by Gasteiger charge is 2.14. The summed E-state index contributed by atoms with van der Waals surface area (Å²) in [6.45, 7) is 22.6. The van der Waals surface area contributed by atoms with E-state index in [2.05, 4.69) is 59.3 Å². The van der Waals surface area contributed by atoms with Crippen LogP contribution in [-0.2, 0) is 14.3 Å². The fraction of sp³-hybridized carbons (Fsp3) is 0.367. The average molecular weight is 511 g/mol. The highest BCUT2D eigenvalue weighted by atomic mass is 16.5. The molecular formula is C30H46N4O3. The SMILES string of the molecule is C=C/C=C(C)/N=C(\C=C(/C)CC(C)=O)C(C)=O.C=C1COC2=C(C=CC(CNC)C=C2)N1.C=CN.CC. The van der Waals surface area contributed by atoms with Gasteiger partial charge in [0.1, 0.15) is 23.9 Å². The van der Waals surface area contributed by atoms with Gasteiger partial charge in [-0.15, -0.1) is 0 Å². The van der Waals surface area contributed by atoms with E-state index in [0.29, 0.717) is 30.4 Å². The Morgan fingerprint density at radius 2 is 1.78 bits per heavy atom. The number of ether oxygens (including phenoxy) is 1. The molecule has 0 saturated heterocycles. The number of carbonyl (C=O) groups excluding carboxylic acids is 2. The molecule has 0 aromatic rings. The van der Waals surface area contributed by atoms with Crippen LogP contribution in [0.2, 0.25) is 0 Å². The third kappa shape index (κ3) is 17.4. The molecule has 0 spiro atoms. The normalized spacial score (nSPS) is 16.6. The van der Waals surface area contributed by atoms with Gasteiger partial charge in [0.15, 0.2) is 5.78 Å². The third-order valence-electron chi connectivity index (χ3n) is 4.35. The van der Waals surface area contributed by atoms with Crippen LogP contribution in [0, 0.1) is 5.92 Å². The van der Waals surface area contributed by atoms with Gasteiger partial charge in [0.2, 0.25) is 0 Å². The van der Waals surface area contributed by atoms with Crippen LogP contribution in [0.1, 0.15) is 48.0 Å². The Kier molecular flexibility index (Phi) is 20.7. The summed E-state index contributed by atoms with van der Waals surface area (Å²) >= 11 is 0. The molecule has 1 heterocycles. The first-order valence-corrected chi connectivity index (χ1v) is 12.3. The summed E-state index contributed by atoms with van der Waals surface area (Å²) in [5.41, 5.74) is 8.41. The van der Waals surface area contributed by atoms with E-state index >= 15 is 0 Å². The molecule has 1 aliphatic heterocycles. The van der Waals surface area contributed by atoms with Crippen molar-refractivity contribution in [3.05, 3.63) is 96.9 Å². The predicted molar refractivity (Wildman–Crippen MR) is 158 cm³/mol. The van der Waals surface area contributed by atoms with E-state index in [-0.39, 0.29) is 11.6 Å². The Hall–Kier alpha value is -3.71. The second-order valence-electron chi connectivity index (χ2n) is 7.94. The summed E-state index contributed by atoms with van der Waals surface area (Å²) < 4.78 is 5.56. The van der Waals surface area contributed by atoms with Gasteiger partial charge in [0, 0.05) is 37.2 Å². The number of allylic oxidation sites excluding steroid dienone is 7. The topological polar surface area (TPSA) is 106 Å². The number of ketones is 2. The maximum absolute atomic E-state index is 11.4. The number of nitrogens with zero attached hydrogens (tertiary/aromatic N) is 1. The molecule has 0 aromatic heterocycles. The highest BCUT2D eigenvalue weighted by molar-refractivity contribution is 6.43. The van der Waals surface area contributed by atoms with Crippen molar-refractivity contribution in [1.29, 1.82) is 0 Å². The maximum atomic E-state index is 11.4. The first kappa shape index (κ1) is 35.5. The largest absolute Gasteiger partial charge is 0.485 e. The van der Waals surface area contributed by atoms with Gasteiger partial charge in [-0.05, 0) is 58.3 Å². The molecule has 4 N–H and O–H groups in total. The van der Waals surface area contributed by atoms with Crippen LogP contribution in [0.4, 0.5) is 0 Å². The zero-order chi connectivity index (χ0) is 28.8. The van der Waals surface area contributed by atoms with E-state index in [1.807, 2.05) is 33.9 Å². The number of carbonyl (C=O) groups is 2. The number of nitrogens with one attached hydrogen (secondary N) is 2. The zero-order valence-corrected chi connectivity index (χ0v) is 23.7. The molecular weight excluding hydrogens is 464 g/mol. The van der Waals surface area contributed by atoms with Crippen molar-refractivity contribution in [2.24, 2.45) is 16.6 Å². The van der Waals surface area contributed by atoms with Gasteiger partial charge in [-0.3, -0.25) is 14.6 Å². The minimum absolute atomic E-state index is 0.0695. The molecule has 2 aliphatic rings. The van der Waals surface area contributed by atoms with Crippen LogP contribution in [-0.4, -0.2) is 37.5 Å². The van der Waals surface area contributed by atoms with Crippen LogP contribution in [0.25, 0.3) is 0 Å². The van der Waals surface area contributed by atoms with Crippen LogP contribution >= 0.6 is 0 Å². The number of nitrogens with two attached hydrogens (primary N) is 1. The molecule has 7 heteroatoms. The number of hydrogen-bond donors (Lipinski definition) is 3. The number of hydrogen-bond acceptors (Lipinski definition) is 7. The van der Waals surface area contributed by atoms with E-state index in [4.69, 9.17) is 4.74 Å². The Morgan fingerprint density at radius 1 is 1.19 bits per heavy atom. The smallest absolute Gasteiger partial charge is 0.178 e. The maximum Gasteiger partial charge on any atom is 0.178 e. The predicted octanol–water partition coefficient (Wildman–Crippen LogP) is 5.44. The summed E-state index contributed by atoms with van der Waals surface area (Å²) in [5.74, 6) is 1.27. The van der Waals surface area contributed by atoms with Crippen LogP contribution in [0.5, 0.6) is 0 Å². The van der Waals surface area contributed by atoms with Gasteiger partial charge in [-0.1, -0.05) is 57.4 Å². The molecule has 1 unspecified atom stereocenters. The van der Waals surface area contributed by atoms with E-state index in [1.54, 1.807) is 25.2 Å². The molecule has 0 radical (unpaired) electrons. The average Bonchev–Trinajstić information content (AvgIpc) is 3.03. The summed E-state index contributed by atoms with van der Waals surface area (Å²) in [6.07, 6.45) is 15.0. The summed E-state index contributed by atoms with van der Waals surface area (Å²) in [7, 11) is 1.95.